The van der Waals surface area contributed by atoms with E-state index in [0.717, 1.165) is 31.9 Å². The van der Waals surface area contributed by atoms with Crippen molar-refractivity contribution in [1.29, 1.82) is 0 Å². The molecule has 0 aromatic carbocycles. The van der Waals surface area contributed by atoms with Gasteiger partial charge in [0.05, 0.1) is 41.2 Å². The van der Waals surface area contributed by atoms with Crippen LogP contribution in [0.5, 0.6) is 0 Å². The summed E-state index contributed by atoms with van der Waals surface area (Å²) in [6.45, 7) is 9.88. The lowest BCUT2D eigenvalue weighted by Crippen LogP contribution is -2.54. The minimum Gasteiger partial charge on any atom is -0.374 e. The van der Waals surface area contributed by atoms with Gasteiger partial charge in [-0.25, -0.2) is 23.1 Å². The number of fused-ring (bicyclic) bond motifs is 1. The first kappa shape index (κ1) is 29.5. The molecule has 2 aliphatic rings. The molecule has 3 aromatic rings. The highest BCUT2D eigenvalue weighted by Gasteiger charge is 2.38. The number of nitrogens with one attached hydrogen (secondary N) is 1. The van der Waals surface area contributed by atoms with E-state index < -0.39 is 15.9 Å². The van der Waals surface area contributed by atoms with Gasteiger partial charge in [-0.15, -0.1) is 0 Å². The first-order valence-electron chi connectivity index (χ1n) is 14.1. The summed E-state index contributed by atoms with van der Waals surface area (Å²) in [6, 6.07) is 3.36. The standard InChI is InChI=1S/C29H37ClN6O4S/c1-5-8-22-16-36(25(17-40-22)19-10-7-9-18(3)11-19)29-33-23-13-24(28(37)34-41(4,38)39)32-26(27(23)35(29)6-2)20-12-21(30)15-31-14-20/h6,12-15,18-19,22,25H,2,5,7-11,16-17H2,1,3-4H3,(H,34,37)/t18-,19?,22?,25?/m0/s1. The zero-order valence-electron chi connectivity index (χ0n) is 23.7. The van der Waals surface area contributed by atoms with Crippen LogP contribution in [0.4, 0.5) is 5.95 Å². The Morgan fingerprint density at radius 2 is 2.07 bits per heavy atom. The van der Waals surface area contributed by atoms with E-state index >= 15 is 0 Å². The van der Waals surface area contributed by atoms with Gasteiger partial charge in [-0.05, 0) is 43.2 Å². The zero-order valence-corrected chi connectivity index (χ0v) is 25.3. The van der Waals surface area contributed by atoms with Gasteiger partial charge in [-0.1, -0.05) is 51.3 Å². The maximum absolute atomic E-state index is 12.9. The number of carbonyl (C=O) groups excluding carboxylic acids is 1. The number of morpholine rings is 1. The number of carbonyl (C=O) groups is 1. The Morgan fingerprint density at radius 1 is 1.27 bits per heavy atom. The summed E-state index contributed by atoms with van der Waals surface area (Å²) in [4.78, 5) is 29.2. The molecular formula is C29H37ClN6O4S. The third-order valence-corrected chi connectivity index (χ3v) is 8.78. The smallest absolute Gasteiger partial charge is 0.283 e. The fourth-order valence-electron chi connectivity index (χ4n) is 6.24. The van der Waals surface area contributed by atoms with Crippen molar-refractivity contribution in [3.8, 4) is 11.3 Å². The SMILES string of the molecule is C=Cn1c(N2CC(CCC)OCC2C2CCC[C@H](C)C2)nc2cc(C(=O)NS(C)(=O)=O)nc(-c3cncc(Cl)c3)c21. The molecule has 1 aliphatic heterocycles. The topological polar surface area (TPSA) is 119 Å². The van der Waals surface area contributed by atoms with E-state index in [4.69, 9.17) is 21.3 Å². The van der Waals surface area contributed by atoms with Crippen molar-refractivity contribution >= 4 is 50.7 Å². The average molecular weight is 601 g/mol. The third-order valence-electron chi connectivity index (χ3n) is 8.01. The van der Waals surface area contributed by atoms with Crippen molar-refractivity contribution in [3.05, 3.63) is 41.8 Å². The number of sulfonamides is 1. The van der Waals surface area contributed by atoms with Crippen LogP contribution in [0.15, 0.2) is 31.1 Å². The van der Waals surface area contributed by atoms with E-state index in [1.807, 2.05) is 9.29 Å². The van der Waals surface area contributed by atoms with Crippen LogP contribution in [0, 0.1) is 11.8 Å². The quantitative estimate of drug-likeness (QED) is 0.378. The fraction of sp³-hybridized carbons (Fsp3) is 0.517. The monoisotopic (exact) mass is 600 g/mol. The second-order valence-electron chi connectivity index (χ2n) is 11.3. The van der Waals surface area contributed by atoms with Crippen LogP contribution in [0.1, 0.15) is 62.9 Å². The molecule has 0 spiro atoms. The lowest BCUT2D eigenvalue weighted by Gasteiger charge is -2.45. The van der Waals surface area contributed by atoms with Crippen molar-refractivity contribution in [2.45, 2.75) is 64.5 Å². The second kappa shape index (κ2) is 12.1. The van der Waals surface area contributed by atoms with Crippen molar-refractivity contribution in [2.75, 3.05) is 24.3 Å². The van der Waals surface area contributed by atoms with Gasteiger partial charge in [0.1, 0.15) is 11.2 Å². The van der Waals surface area contributed by atoms with Crippen LogP contribution in [-0.4, -0.2) is 65.4 Å². The number of imidazole rings is 1. The molecule has 1 aliphatic carbocycles. The number of hydrogen-bond donors (Lipinski definition) is 1. The number of amides is 1. The Balaban J connectivity index is 1.69. The van der Waals surface area contributed by atoms with Crippen molar-refractivity contribution in [3.63, 3.8) is 0 Å². The number of hydrogen-bond acceptors (Lipinski definition) is 8. The molecular weight excluding hydrogens is 564 g/mol. The molecule has 1 saturated heterocycles. The van der Waals surface area contributed by atoms with Crippen molar-refractivity contribution in [1.82, 2.24) is 24.2 Å². The highest BCUT2D eigenvalue weighted by atomic mass is 35.5. The molecule has 2 fully saturated rings. The van der Waals surface area contributed by atoms with Crippen molar-refractivity contribution in [2.24, 2.45) is 11.8 Å². The maximum Gasteiger partial charge on any atom is 0.283 e. The van der Waals surface area contributed by atoms with Gasteiger partial charge in [0.25, 0.3) is 5.91 Å². The summed E-state index contributed by atoms with van der Waals surface area (Å²) in [5, 5.41) is 0.399. The number of nitrogens with zero attached hydrogens (tertiary/aromatic N) is 5. The first-order chi connectivity index (χ1) is 19.6. The van der Waals surface area contributed by atoms with Gasteiger partial charge < -0.3 is 9.64 Å². The normalized spacial score (nSPS) is 23.5. The minimum absolute atomic E-state index is 0.0705. The fourth-order valence-corrected chi connectivity index (χ4v) is 6.86. The summed E-state index contributed by atoms with van der Waals surface area (Å²) in [6.07, 6.45) is 12.5. The Bertz CT molecular complexity index is 1560. The molecule has 4 atom stereocenters. The molecule has 3 aromatic heterocycles. The largest absolute Gasteiger partial charge is 0.374 e. The molecule has 41 heavy (non-hydrogen) atoms. The molecule has 12 heteroatoms. The Morgan fingerprint density at radius 3 is 2.76 bits per heavy atom. The first-order valence-corrected chi connectivity index (χ1v) is 16.4. The van der Waals surface area contributed by atoms with Gasteiger partial charge in [0.15, 0.2) is 0 Å². The molecule has 1 amide bonds. The number of pyridine rings is 2. The highest BCUT2D eigenvalue weighted by molar-refractivity contribution is 7.89. The number of halogens is 1. The molecule has 0 radical (unpaired) electrons. The van der Waals surface area contributed by atoms with Gasteiger partial charge in [-0.2, -0.15) is 0 Å². The summed E-state index contributed by atoms with van der Waals surface area (Å²) >= 11 is 6.29. The molecule has 220 valence electrons. The molecule has 10 nitrogen and oxygen atoms in total. The predicted octanol–water partition coefficient (Wildman–Crippen LogP) is 5.14. The van der Waals surface area contributed by atoms with E-state index in [1.165, 1.54) is 25.1 Å². The number of ether oxygens (including phenoxy) is 1. The van der Waals surface area contributed by atoms with Gasteiger partial charge in [0.2, 0.25) is 16.0 Å². The molecule has 1 saturated carbocycles. The lowest BCUT2D eigenvalue weighted by molar-refractivity contribution is -0.00461. The number of aromatic nitrogens is 4. The molecule has 3 unspecified atom stereocenters. The van der Waals surface area contributed by atoms with E-state index in [0.29, 0.717) is 58.2 Å². The zero-order chi connectivity index (χ0) is 29.3. The summed E-state index contributed by atoms with van der Waals surface area (Å²) in [5.41, 5.74) is 1.99. The van der Waals surface area contributed by atoms with Gasteiger partial charge >= 0.3 is 0 Å². The van der Waals surface area contributed by atoms with Crippen LogP contribution < -0.4 is 9.62 Å². The van der Waals surface area contributed by atoms with Crippen LogP contribution in [0.2, 0.25) is 5.02 Å². The number of rotatable bonds is 8. The van der Waals surface area contributed by atoms with E-state index in [-0.39, 0.29) is 17.8 Å². The molecule has 4 heterocycles. The van der Waals surface area contributed by atoms with E-state index in [2.05, 4.69) is 35.3 Å². The second-order valence-corrected chi connectivity index (χ2v) is 13.5. The van der Waals surface area contributed by atoms with Crippen LogP contribution in [0.3, 0.4) is 0 Å². The average Bonchev–Trinajstić information content (AvgIpc) is 3.30. The maximum atomic E-state index is 12.9. The van der Waals surface area contributed by atoms with Crippen LogP contribution in [-0.2, 0) is 14.8 Å². The van der Waals surface area contributed by atoms with Crippen LogP contribution >= 0.6 is 11.6 Å². The van der Waals surface area contributed by atoms with E-state index in [9.17, 15) is 13.2 Å². The summed E-state index contributed by atoms with van der Waals surface area (Å²) in [7, 11) is -3.81. The van der Waals surface area contributed by atoms with Crippen molar-refractivity contribution < 1.29 is 17.9 Å². The Hall–Kier alpha value is -3.02. The summed E-state index contributed by atoms with van der Waals surface area (Å²) in [5.74, 6) is 0.972. The van der Waals surface area contributed by atoms with E-state index in [1.54, 1.807) is 18.5 Å². The van der Waals surface area contributed by atoms with Crippen LogP contribution in [0.25, 0.3) is 28.5 Å². The highest BCUT2D eigenvalue weighted by Crippen LogP contribution is 2.39. The van der Waals surface area contributed by atoms with Gasteiger partial charge in [-0.3, -0.25) is 14.3 Å². The minimum atomic E-state index is -3.81. The molecule has 0 bridgehead atoms. The molecule has 1 N–H and O–H groups in total. The summed E-state index contributed by atoms with van der Waals surface area (Å²) < 4.78 is 34.0. The molecule has 5 rings (SSSR count). The van der Waals surface area contributed by atoms with Gasteiger partial charge in [0, 0.05) is 30.7 Å². The number of anilines is 1. The Labute approximate surface area is 246 Å². The Kier molecular flexibility index (Phi) is 8.68. The lowest BCUT2D eigenvalue weighted by atomic mass is 9.78. The third kappa shape index (κ3) is 6.42. The predicted molar refractivity (Wildman–Crippen MR) is 161 cm³/mol.